The van der Waals surface area contributed by atoms with E-state index in [1.165, 1.54) is 18.3 Å². The minimum Gasteiger partial charge on any atom is -0.340 e. The first-order valence-corrected chi connectivity index (χ1v) is 10.5. The second-order valence-corrected chi connectivity index (χ2v) is 7.42. The van der Waals surface area contributed by atoms with E-state index in [1.54, 1.807) is 24.4 Å². The lowest BCUT2D eigenvalue weighted by molar-refractivity contribution is 0.627. The second kappa shape index (κ2) is 9.44. The maximum atomic E-state index is 13.4. The number of halogens is 1. The molecule has 0 unspecified atom stereocenters. The lowest BCUT2D eigenvalue weighted by atomic mass is 10.0. The van der Waals surface area contributed by atoms with Gasteiger partial charge < -0.3 is 4.98 Å². The number of aromatic nitrogens is 4. The summed E-state index contributed by atoms with van der Waals surface area (Å²) in [7, 11) is 0. The third-order valence-electron chi connectivity index (χ3n) is 5.33. The average molecular weight is 438 g/mol. The fraction of sp³-hybridized carbons (Fsp3) is 0.0741. The summed E-state index contributed by atoms with van der Waals surface area (Å²) in [6, 6.07) is 12.4. The lowest BCUT2D eigenvalue weighted by Gasteiger charge is -2.05. The van der Waals surface area contributed by atoms with Crippen molar-refractivity contribution in [2.45, 2.75) is 13.8 Å². The first-order valence-electron chi connectivity index (χ1n) is 10.5. The van der Waals surface area contributed by atoms with E-state index in [2.05, 4.69) is 39.4 Å². The number of imidazole rings is 1. The summed E-state index contributed by atoms with van der Waals surface area (Å²) in [5.74, 6) is 0.360. The highest BCUT2D eigenvalue weighted by molar-refractivity contribution is 6.11. The number of hydrogen-bond donors (Lipinski definition) is 2. The van der Waals surface area contributed by atoms with Gasteiger partial charge in [-0.1, -0.05) is 49.6 Å². The topological polar surface area (TPSA) is 69.7 Å². The molecule has 0 fully saturated rings. The number of H-pyrrole nitrogens is 2. The summed E-state index contributed by atoms with van der Waals surface area (Å²) in [6.45, 7) is 11.4. The maximum absolute atomic E-state index is 13.4. The van der Waals surface area contributed by atoms with Crippen molar-refractivity contribution in [1.29, 1.82) is 0 Å². The first kappa shape index (κ1) is 21.9. The van der Waals surface area contributed by atoms with Crippen molar-refractivity contribution in [2.24, 2.45) is 4.99 Å². The van der Waals surface area contributed by atoms with Crippen molar-refractivity contribution in [2.75, 3.05) is 0 Å². The predicted molar refractivity (Wildman–Crippen MR) is 134 cm³/mol. The van der Waals surface area contributed by atoms with Crippen LogP contribution in [0.3, 0.4) is 0 Å². The number of hydrogen-bond acceptors (Lipinski definition) is 3. The van der Waals surface area contributed by atoms with E-state index in [4.69, 9.17) is 4.98 Å². The van der Waals surface area contributed by atoms with Crippen LogP contribution in [-0.4, -0.2) is 26.4 Å². The summed E-state index contributed by atoms with van der Waals surface area (Å²) in [4.78, 5) is 12.4. The zero-order valence-electron chi connectivity index (χ0n) is 18.6. The molecular formula is C27H24FN5. The number of allylic oxidation sites excluding steroid dienone is 4. The van der Waals surface area contributed by atoms with Crippen LogP contribution in [0, 0.1) is 12.7 Å². The van der Waals surface area contributed by atoms with E-state index in [1.807, 2.05) is 38.1 Å². The molecule has 0 aliphatic carbocycles. The van der Waals surface area contributed by atoms with E-state index in [9.17, 15) is 4.39 Å². The van der Waals surface area contributed by atoms with Gasteiger partial charge in [0.15, 0.2) is 5.82 Å². The molecule has 0 atom stereocenters. The molecule has 0 amide bonds. The van der Waals surface area contributed by atoms with Crippen molar-refractivity contribution in [3.05, 3.63) is 108 Å². The molecule has 0 aliphatic rings. The van der Waals surface area contributed by atoms with Crippen LogP contribution in [0.4, 0.5) is 4.39 Å². The van der Waals surface area contributed by atoms with E-state index in [0.717, 1.165) is 50.3 Å². The summed E-state index contributed by atoms with van der Waals surface area (Å²) in [6.07, 6.45) is 8.86. The van der Waals surface area contributed by atoms with Gasteiger partial charge in [0.05, 0.1) is 11.2 Å². The fourth-order valence-corrected chi connectivity index (χ4v) is 3.72. The van der Waals surface area contributed by atoms with Crippen molar-refractivity contribution in [3.63, 3.8) is 0 Å². The summed E-state index contributed by atoms with van der Waals surface area (Å²) >= 11 is 0. The minimum absolute atomic E-state index is 0.284. The van der Waals surface area contributed by atoms with Crippen LogP contribution < -0.4 is 0 Å². The molecule has 6 heteroatoms. The van der Waals surface area contributed by atoms with Crippen LogP contribution in [0.2, 0.25) is 0 Å². The largest absolute Gasteiger partial charge is 0.340 e. The molecule has 4 aromatic rings. The van der Waals surface area contributed by atoms with Gasteiger partial charge in [-0.25, -0.2) is 9.37 Å². The quantitative estimate of drug-likeness (QED) is 0.251. The van der Waals surface area contributed by atoms with Crippen LogP contribution in [0.1, 0.15) is 29.4 Å². The maximum Gasteiger partial charge on any atom is 0.159 e. The molecule has 0 bridgehead atoms. The van der Waals surface area contributed by atoms with Gasteiger partial charge in [-0.15, -0.1) is 0 Å². The van der Waals surface area contributed by atoms with Crippen LogP contribution in [0.5, 0.6) is 0 Å². The Morgan fingerprint density at radius 2 is 1.85 bits per heavy atom. The van der Waals surface area contributed by atoms with Crippen molar-refractivity contribution in [1.82, 2.24) is 20.2 Å². The zero-order chi connectivity index (χ0) is 23.4. The van der Waals surface area contributed by atoms with Gasteiger partial charge in [0.25, 0.3) is 0 Å². The Labute approximate surface area is 191 Å². The van der Waals surface area contributed by atoms with E-state index in [0.29, 0.717) is 5.82 Å². The summed E-state index contributed by atoms with van der Waals surface area (Å²) in [5, 5.41) is 8.54. The highest BCUT2D eigenvalue weighted by Gasteiger charge is 2.18. The molecule has 164 valence electrons. The number of nitrogens with one attached hydrogen (secondary N) is 2. The smallest absolute Gasteiger partial charge is 0.159 e. The number of aromatic amines is 2. The normalized spacial score (nSPS) is 12.6. The zero-order valence-corrected chi connectivity index (χ0v) is 18.6. The monoisotopic (exact) mass is 437 g/mol. The van der Waals surface area contributed by atoms with Gasteiger partial charge in [0.1, 0.15) is 11.5 Å². The number of rotatable bonds is 7. The number of nitrogens with zero attached hydrogens (tertiary/aromatic N) is 3. The van der Waals surface area contributed by atoms with E-state index in [-0.39, 0.29) is 5.82 Å². The molecule has 0 saturated carbocycles. The number of aryl methyl sites for hydroxylation is 1. The predicted octanol–water partition coefficient (Wildman–Crippen LogP) is 6.64. The lowest BCUT2D eigenvalue weighted by Crippen LogP contribution is -1.91. The molecule has 2 aromatic carbocycles. The molecule has 2 heterocycles. The Hall–Kier alpha value is -4.32. The third-order valence-corrected chi connectivity index (χ3v) is 5.33. The average Bonchev–Trinajstić information content (AvgIpc) is 3.41. The minimum atomic E-state index is -0.284. The van der Waals surface area contributed by atoms with Gasteiger partial charge in [-0.2, -0.15) is 5.10 Å². The summed E-state index contributed by atoms with van der Waals surface area (Å²) < 4.78 is 13.4. The molecule has 5 nitrogen and oxygen atoms in total. The number of fused-ring (bicyclic) bond motifs is 1. The van der Waals surface area contributed by atoms with Crippen molar-refractivity contribution in [3.8, 4) is 11.5 Å². The molecule has 0 radical (unpaired) electrons. The Morgan fingerprint density at radius 1 is 1.09 bits per heavy atom. The number of benzene rings is 2. The summed E-state index contributed by atoms with van der Waals surface area (Å²) in [5.41, 5.74) is 6.95. The number of aliphatic imine (C=N–C) groups is 1. The van der Waals surface area contributed by atoms with E-state index >= 15 is 0 Å². The molecule has 0 aliphatic heterocycles. The molecule has 4 rings (SSSR count). The van der Waals surface area contributed by atoms with E-state index < -0.39 is 0 Å². The molecule has 0 spiro atoms. The Bertz CT molecular complexity index is 1410. The van der Waals surface area contributed by atoms with Gasteiger partial charge in [0, 0.05) is 29.1 Å². The SMILES string of the molecule is C=C/C=C(/c1ccc(F)cc1)c1nc(-c2n[nH]c3ccc(/C(C=NC=C)=C/C)cc23)[nH]c1C. The van der Waals surface area contributed by atoms with Gasteiger partial charge in [-0.3, -0.25) is 10.1 Å². The molecule has 33 heavy (non-hydrogen) atoms. The first-order chi connectivity index (χ1) is 16.0. The highest BCUT2D eigenvalue weighted by Crippen LogP contribution is 2.31. The Kier molecular flexibility index (Phi) is 6.26. The van der Waals surface area contributed by atoms with Gasteiger partial charge >= 0.3 is 0 Å². The highest BCUT2D eigenvalue weighted by atomic mass is 19.1. The van der Waals surface area contributed by atoms with Crippen LogP contribution in [0.25, 0.3) is 33.6 Å². The van der Waals surface area contributed by atoms with Crippen molar-refractivity contribution < 1.29 is 4.39 Å². The van der Waals surface area contributed by atoms with Crippen LogP contribution in [-0.2, 0) is 0 Å². The Morgan fingerprint density at radius 3 is 2.55 bits per heavy atom. The molecule has 2 N–H and O–H groups in total. The van der Waals surface area contributed by atoms with Crippen LogP contribution in [0.15, 0.2) is 85.0 Å². The molecule has 2 aromatic heterocycles. The molecule has 0 saturated heterocycles. The van der Waals surface area contributed by atoms with Crippen LogP contribution >= 0.6 is 0 Å². The van der Waals surface area contributed by atoms with Gasteiger partial charge in [0.2, 0.25) is 0 Å². The third kappa shape index (κ3) is 4.36. The van der Waals surface area contributed by atoms with Crippen molar-refractivity contribution >= 4 is 28.3 Å². The van der Waals surface area contributed by atoms with Gasteiger partial charge in [-0.05, 0) is 54.8 Å². The second-order valence-electron chi connectivity index (χ2n) is 7.42. The molecular weight excluding hydrogens is 413 g/mol. The fourth-order valence-electron chi connectivity index (χ4n) is 3.72. The standard InChI is InChI=1S/C27H24FN5/c1-5-8-22(19-9-12-21(28)13-10-19)25-17(4)30-27(31-25)26-23-15-20(11-14-24(23)32-33-26)18(6-2)16-29-7-3/h5-16H,1,3H2,2,4H3,(H,30,31)(H,32,33)/b18-6+,22-8-,29-16?. The Balaban J connectivity index is 1.80.